The Labute approximate surface area is 208 Å². The Morgan fingerprint density at radius 3 is 2.83 bits per heavy atom. The molecule has 1 aromatic carbocycles. The number of carbonyl (C=O) groups is 1. The van der Waals surface area contributed by atoms with Crippen molar-refractivity contribution in [2.75, 3.05) is 58.3 Å². The molecular formula is C25H30N6O3S. The van der Waals surface area contributed by atoms with Crippen LogP contribution in [0.3, 0.4) is 0 Å². The van der Waals surface area contributed by atoms with Gasteiger partial charge in [0.15, 0.2) is 5.60 Å². The lowest BCUT2D eigenvalue weighted by molar-refractivity contribution is -0.143. The van der Waals surface area contributed by atoms with Crippen molar-refractivity contribution >= 4 is 23.2 Å². The summed E-state index contributed by atoms with van der Waals surface area (Å²) in [7, 11) is 1.71. The van der Waals surface area contributed by atoms with Gasteiger partial charge in [-0.1, -0.05) is 18.2 Å². The molecule has 0 aliphatic carbocycles. The SMILES string of the molecule is CN1CC[C@@](O)(c2cccc(-c3nc(-c4ccnc(NCCCN5CCOCC5)n4)cs3)c2)C1=O. The van der Waals surface area contributed by atoms with Crippen LogP contribution in [0.15, 0.2) is 41.9 Å². The Kier molecular flexibility index (Phi) is 7.05. The molecule has 1 atom stereocenters. The molecule has 1 amide bonds. The van der Waals surface area contributed by atoms with Crippen LogP contribution in [0.1, 0.15) is 18.4 Å². The third kappa shape index (κ3) is 5.20. The van der Waals surface area contributed by atoms with E-state index in [2.05, 4.69) is 20.2 Å². The highest BCUT2D eigenvalue weighted by atomic mass is 32.1. The summed E-state index contributed by atoms with van der Waals surface area (Å²) in [5, 5.41) is 17.1. The Bertz CT molecular complexity index is 1180. The van der Waals surface area contributed by atoms with Gasteiger partial charge in [0.1, 0.15) is 10.7 Å². The zero-order chi connectivity index (χ0) is 24.3. The van der Waals surface area contributed by atoms with Crippen LogP contribution in [0.25, 0.3) is 22.0 Å². The van der Waals surface area contributed by atoms with E-state index in [1.54, 1.807) is 24.2 Å². The van der Waals surface area contributed by atoms with Crippen molar-refractivity contribution in [3.05, 3.63) is 47.5 Å². The van der Waals surface area contributed by atoms with Gasteiger partial charge < -0.3 is 20.1 Å². The monoisotopic (exact) mass is 494 g/mol. The first-order valence-electron chi connectivity index (χ1n) is 11.9. The molecule has 0 spiro atoms. The van der Waals surface area contributed by atoms with Crippen molar-refractivity contribution < 1.29 is 14.6 Å². The topological polar surface area (TPSA) is 104 Å². The van der Waals surface area contributed by atoms with Crippen molar-refractivity contribution in [1.29, 1.82) is 0 Å². The van der Waals surface area contributed by atoms with Gasteiger partial charge >= 0.3 is 0 Å². The molecule has 2 N–H and O–H groups in total. The van der Waals surface area contributed by atoms with E-state index in [4.69, 9.17) is 9.72 Å². The minimum Gasteiger partial charge on any atom is -0.379 e. The second-order valence-corrected chi connectivity index (χ2v) is 9.81. The predicted octanol–water partition coefficient (Wildman–Crippen LogP) is 2.45. The normalized spacial score (nSPS) is 21.0. The van der Waals surface area contributed by atoms with E-state index < -0.39 is 5.60 Å². The molecule has 0 saturated carbocycles. The van der Waals surface area contributed by atoms with Gasteiger partial charge in [0.25, 0.3) is 5.91 Å². The number of rotatable bonds is 8. The van der Waals surface area contributed by atoms with Crippen LogP contribution in [0.4, 0.5) is 5.95 Å². The second kappa shape index (κ2) is 10.4. The maximum absolute atomic E-state index is 12.5. The van der Waals surface area contributed by atoms with E-state index >= 15 is 0 Å². The zero-order valence-electron chi connectivity index (χ0n) is 19.8. The number of likely N-dealkylation sites (N-methyl/N-ethyl adjacent to an activating group) is 1. The fourth-order valence-electron chi connectivity index (χ4n) is 4.47. The van der Waals surface area contributed by atoms with Crippen LogP contribution in [0, 0.1) is 0 Å². The molecule has 9 nitrogen and oxygen atoms in total. The van der Waals surface area contributed by atoms with Crippen molar-refractivity contribution in [2.24, 2.45) is 0 Å². The Morgan fingerprint density at radius 1 is 1.17 bits per heavy atom. The lowest BCUT2D eigenvalue weighted by Gasteiger charge is -2.26. The van der Waals surface area contributed by atoms with Crippen molar-refractivity contribution in [2.45, 2.75) is 18.4 Å². The standard InChI is InChI=1S/C25H30N6O3S/c1-30-11-7-25(33,23(30)32)19-5-2-4-18(16-19)22-28-21(17-35-22)20-6-9-27-24(29-20)26-8-3-10-31-12-14-34-15-13-31/h2,4-6,9,16-17,33H,3,7-8,10-15H2,1H3,(H,26,27,29)/t25-/m1/s1. The first kappa shape index (κ1) is 23.8. The van der Waals surface area contributed by atoms with E-state index in [9.17, 15) is 9.90 Å². The minimum absolute atomic E-state index is 0.263. The molecule has 0 unspecified atom stereocenters. The molecule has 2 fully saturated rings. The van der Waals surface area contributed by atoms with Gasteiger partial charge in [-0.2, -0.15) is 0 Å². The smallest absolute Gasteiger partial charge is 0.258 e. The highest BCUT2D eigenvalue weighted by Gasteiger charge is 2.45. The van der Waals surface area contributed by atoms with E-state index in [0.29, 0.717) is 24.5 Å². The molecule has 2 aromatic heterocycles. The maximum atomic E-state index is 12.5. The number of hydrogen-bond donors (Lipinski definition) is 2. The number of thiazole rings is 1. The van der Waals surface area contributed by atoms with Gasteiger partial charge in [0, 0.05) is 56.8 Å². The number of nitrogens with zero attached hydrogens (tertiary/aromatic N) is 5. The number of likely N-dealkylation sites (tertiary alicyclic amines) is 1. The van der Waals surface area contributed by atoms with E-state index in [0.717, 1.165) is 67.8 Å². The number of carbonyl (C=O) groups excluding carboxylic acids is 1. The molecule has 2 saturated heterocycles. The summed E-state index contributed by atoms with van der Waals surface area (Å²) in [6.07, 6.45) is 3.14. The summed E-state index contributed by atoms with van der Waals surface area (Å²) in [5.41, 5.74) is 1.52. The number of amides is 1. The fraction of sp³-hybridized carbons (Fsp3) is 0.440. The molecular weight excluding hydrogens is 464 g/mol. The van der Waals surface area contributed by atoms with E-state index in [-0.39, 0.29) is 5.91 Å². The molecule has 10 heteroatoms. The van der Waals surface area contributed by atoms with E-state index in [1.807, 2.05) is 29.6 Å². The molecule has 2 aliphatic heterocycles. The first-order valence-corrected chi connectivity index (χ1v) is 12.8. The summed E-state index contributed by atoms with van der Waals surface area (Å²) >= 11 is 1.51. The van der Waals surface area contributed by atoms with Gasteiger partial charge in [-0.05, 0) is 30.7 Å². The average Bonchev–Trinajstić information content (AvgIpc) is 3.50. The number of ether oxygens (including phenoxy) is 1. The predicted molar refractivity (Wildman–Crippen MR) is 135 cm³/mol. The fourth-order valence-corrected chi connectivity index (χ4v) is 5.28. The Hall–Kier alpha value is -2.92. The molecule has 5 rings (SSSR count). The van der Waals surface area contributed by atoms with Gasteiger partial charge in [-0.25, -0.2) is 15.0 Å². The molecule has 2 aliphatic rings. The van der Waals surface area contributed by atoms with E-state index in [1.165, 1.54) is 11.3 Å². The zero-order valence-corrected chi connectivity index (χ0v) is 20.6. The number of hydrogen-bond acceptors (Lipinski definition) is 9. The summed E-state index contributed by atoms with van der Waals surface area (Å²) in [4.78, 5) is 30.3. The minimum atomic E-state index is -1.47. The highest BCUT2D eigenvalue weighted by Crippen LogP contribution is 2.36. The summed E-state index contributed by atoms with van der Waals surface area (Å²) in [6, 6.07) is 9.32. The third-order valence-electron chi connectivity index (χ3n) is 6.56. The Balaban J connectivity index is 1.25. The molecule has 35 heavy (non-hydrogen) atoms. The largest absolute Gasteiger partial charge is 0.379 e. The van der Waals surface area contributed by atoms with Crippen LogP contribution >= 0.6 is 11.3 Å². The lowest BCUT2D eigenvalue weighted by atomic mass is 9.91. The van der Waals surface area contributed by atoms with Crippen molar-refractivity contribution in [3.63, 3.8) is 0 Å². The number of morpholine rings is 1. The number of aromatic nitrogens is 3. The molecule has 184 valence electrons. The second-order valence-electron chi connectivity index (χ2n) is 8.96. The number of aliphatic hydroxyl groups is 1. The first-order chi connectivity index (χ1) is 17.0. The summed E-state index contributed by atoms with van der Waals surface area (Å²) in [5.74, 6) is 0.326. The van der Waals surface area contributed by atoms with Crippen LogP contribution in [-0.2, 0) is 15.1 Å². The molecule has 0 radical (unpaired) electrons. The van der Waals surface area contributed by atoms with Crippen molar-refractivity contribution in [1.82, 2.24) is 24.8 Å². The number of benzene rings is 1. The number of anilines is 1. The van der Waals surface area contributed by atoms with Gasteiger partial charge in [-0.15, -0.1) is 11.3 Å². The molecule has 4 heterocycles. The van der Waals surface area contributed by atoms with Crippen LogP contribution in [0.2, 0.25) is 0 Å². The highest BCUT2D eigenvalue weighted by molar-refractivity contribution is 7.13. The number of nitrogens with one attached hydrogen (secondary N) is 1. The Morgan fingerprint density at radius 2 is 2.03 bits per heavy atom. The maximum Gasteiger partial charge on any atom is 0.258 e. The van der Waals surface area contributed by atoms with Gasteiger partial charge in [-0.3, -0.25) is 9.69 Å². The summed E-state index contributed by atoms with van der Waals surface area (Å²) < 4.78 is 5.39. The van der Waals surface area contributed by atoms with Gasteiger partial charge in [0.2, 0.25) is 5.95 Å². The van der Waals surface area contributed by atoms with Crippen LogP contribution in [0.5, 0.6) is 0 Å². The molecule has 0 bridgehead atoms. The quantitative estimate of drug-likeness (QED) is 0.461. The lowest BCUT2D eigenvalue weighted by Crippen LogP contribution is -2.37. The third-order valence-corrected chi connectivity index (χ3v) is 7.45. The van der Waals surface area contributed by atoms with Crippen LogP contribution < -0.4 is 5.32 Å². The molecule has 3 aromatic rings. The van der Waals surface area contributed by atoms with Gasteiger partial charge in [0.05, 0.1) is 18.9 Å². The van der Waals surface area contributed by atoms with Crippen molar-refractivity contribution in [3.8, 4) is 22.0 Å². The summed E-state index contributed by atoms with van der Waals surface area (Å²) in [6.45, 7) is 5.98. The average molecular weight is 495 g/mol. The van der Waals surface area contributed by atoms with Crippen LogP contribution in [-0.4, -0.2) is 88.8 Å².